The highest BCUT2D eigenvalue weighted by Crippen LogP contribution is 2.27. The first-order valence-electron chi connectivity index (χ1n) is 8.69. The predicted octanol–water partition coefficient (Wildman–Crippen LogP) is 3.55. The summed E-state index contributed by atoms with van der Waals surface area (Å²) in [4.78, 5) is 5.54. The monoisotopic (exact) mass is 373 g/mol. The van der Waals surface area contributed by atoms with Gasteiger partial charge in [-0.15, -0.1) is 11.8 Å². The van der Waals surface area contributed by atoms with E-state index in [1.165, 1.54) is 4.90 Å². The van der Waals surface area contributed by atoms with Gasteiger partial charge in [-0.1, -0.05) is 24.3 Å². The summed E-state index contributed by atoms with van der Waals surface area (Å²) in [5.74, 6) is 3.26. The molecule has 0 unspecified atom stereocenters. The van der Waals surface area contributed by atoms with Crippen LogP contribution in [-0.4, -0.2) is 39.0 Å². The van der Waals surface area contributed by atoms with Crippen molar-refractivity contribution >= 4 is 17.7 Å². The Bertz CT molecular complexity index is 693. The van der Waals surface area contributed by atoms with Gasteiger partial charge in [0.15, 0.2) is 17.5 Å². The van der Waals surface area contributed by atoms with E-state index >= 15 is 0 Å². The average Bonchev–Trinajstić information content (AvgIpc) is 2.69. The molecule has 0 spiro atoms. The van der Waals surface area contributed by atoms with Crippen LogP contribution in [0.1, 0.15) is 12.5 Å². The van der Waals surface area contributed by atoms with E-state index in [1.807, 2.05) is 43.0 Å². The molecular weight excluding hydrogens is 346 g/mol. The van der Waals surface area contributed by atoms with E-state index in [9.17, 15) is 0 Å². The Balaban J connectivity index is 1.77. The lowest BCUT2D eigenvalue weighted by Crippen LogP contribution is -2.37. The van der Waals surface area contributed by atoms with Gasteiger partial charge in [0.25, 0.3) is 0 Å². The lowest BCUT2D eigenvalue weighted by molar-refractivity contribution is 0.310. The highest BCUT2D eigenvalue weighted by atomic mass is 32.2. The first-order valence-corrected chi connectivity index (χ1v) is 9.67. The molecule has 0 radical (unpaired) electrons. The number of hydrogen-bond donors (Lipinski definition) is 2. The summed E-state index contributed by atoms with van der Waals surface area (Å²) >= 11 is 1.82. The van der Waals surface area contributed by atoms with Gasteiger partial charge < -0.3 is 20.1 Å². The molecule has 2 N–H and O–H groups in total. The van der Waals surface area contributed by atoms with Gasteiger partial charge in [-0.3, -0.25) is 4.99 Å². The third kappa shape index (κ3) is 6.52. The van der Waals surface area contributed by atoms with Gasteiger partial charge >= 0.3 is 0 Å². The lowest BCUT2D eigenvalue weighted by atomic mass is 10.2. The number of ether oxygens (including phenoxy) is 2. The molecule has 0 aliphatic carbocycles. The Hall–Kier alpha value is -2.34. The molecule has 140 valence electrons. The summed E-state index contributed by atoms with van der Waals surface area (Å²) < 4.78 is 10.9. The van der Waals surface area contributed by atoms with Crippen molar-refractivity contribution < 1.29 is 9.47 Å². The molecule has 0 aliphatic heterocycles. The van der Waals surface area contributed by atoms with Gasteiger partial charge in [-0.05, 0) is 36.8 Å². The topological polar surface area (TPSA) is 54.9 Å². The minimum Gasteiger partial charge on any atom is -0.493 e. The molecular formula is C20H27N3O2S. The van der Waals surface area contributed by atoms with E-state index in [1.54, 1.807) is 14.2 Å². The molecule has 0 atom stereocenters. The summed E-state index contributed by atoms with van der Waals surface area (Å²) in [6, 6.07) is 16.3. The quantitative estimate of drug-likeness (QED) is 0.305. The third-order valence-electron chi connectivity index (χ3n) is 3.62. The molecule has 0 aromatic heterocycles. The van der Waals surface area contributed by atoms with E-state index in [4.69, 9.17) is 9.47 Å². The summed E-state index contributed by atoms with van der Waals surface area (Å²) in [6.07, 6.45) is 0. The molecule has 2 aromatic carbocycles. The fourth-order valence-electron chi connectivity index (χ4n) is 2.36. The SMILES string of the molecule is CCOc1ccc(CNC(=NC)NCCSc2ccccc2)cc1OC. The number of hydrogen-bond acceptors (Lipinski definition) is 4. The number of nitrogens with one attached hydrogen (secondary N) is 2. The predicted molar refractivity (Wildman–Crippen MR) is 110 cm³/mol. The summed E-state index contributed by atoms with van der Waals surface area (Å²) in [5, 5.41) is 6.65. The van der Waals surface area contributed by atoms with Crippen molar-refractivity contribution in [3.8, 4) is 11.5 Å². The first kappa shape index (κ1) is 20.0. The van der Waals surface area contributed by atoms with Gasteiger partial charge in [0.05, 0.1) is 13.7 Å². The third-order valence-corrected chi connectivity index (χ3v) is 4.63. The van der Waals surface area contributed by atoms with Crippen LogP contribution in [0.4, 0.5) is 0 Å². The molecule has 0 saturated carbocycles. The molecule has 2 aromatic rings. The van der Waals surface area contributed by atoms with Gasteiger partial charge in [-0.2, -0.15) is 0 Å². The van der Waals surface area contributed by atoms with E-state index < -0.39 is 0 Å². The van der Waals surface area contributed by atoms with Crippen molar-refractivity contribution in [1.29, 1.82) is 0 Å². The zero-order chi connectivity index (χ0) is 18.6. The minimum absolute atomic E-state index is 0.617. The summed E-state index contributed by atoms with van der Waals surface area (Å²) in [5.41, 5.74) is 1.10. The molecule has 2 rings (SSSR count). The Morgan fingerprint density at radius 1 is 1.08 bits per heavy atom. The number of benzene rings is 2. The molecule has 0 saturated heterocycles. The van der Waals surface area contributed by atoms with Gasteiger partial charge in [0.2, 0.25) is 0 Å². The number of methoxy groups -OCH3 is 1. The van der Waals surface area contributed by atoms with Crippen LogP contribution in [0.2, 0.25) is 0 Å². The Morgan fingerprint density at radius 2 is 1.88 bits per heavy atom. The lowest BCUT2D eigenvalue weighted by Gasteiger charge is -2.14. The van der Waals surface area contributed by atoms with Crippen molar-refractivity contribution in [2.75, 3.05) is 33.1 Å². The maximum absolute atomic E-state index is 5.55. The van der Waals surface area contributed by atoms with Crippen LogP contribution in [0.25, 0.3) is 0 Å². The van der Waals surface area contributed by atoms with Gasteiger partial charge in [-0.25, -0.2) is 0 Å². The van der Waals surface area contributed by atoms with E-state index in [-0.39, 0.29) is 0 Å². The first-order chi connectivity index (χ1) is 12.8. The second kappa shape index (κ2) is 11.3. The summed E-state index contributed by atoms with van der Waals surface area (Å²) in [7, 11) is 3.43. The van der Waals surface area contributed by atoms with E-state index in [2.05, 4.69) is 39.9 Å². The Morgan fingerprint density at radius 3 is 2.58 bits per heavy atom. The molecule has 5 nitrogen and oxygen atoms in total. The average molecular weight is 374 g/mol. The molecule has 0 fully saturated rings. The fourth-order valence-corrected chi connectivity index (χ4v) is 3.15. The molecule has 0 aliphatic rings. The van der Waals surface area contributed by atoms with E-state index in [0.29, 0.717) is 13.2 Å². The largest absolute Gasteiger partial charge is 0.493 e. The van der Waals surface area contributed by atoms with Gasteiger partial charge in [0.1, 0.15) is 0 Å². The van der Waals surface area contributed by atoms with Crippen LogP contribution in [-0.2, 0) is 6.54 Å². The molecule has 0 heterocycles. The Labute approximate surface area is 160 Å². The van der Waals surface area contributed by atoms with Crippen molar-refractivity contribution in [2.24, 2.45) is 4.99 Å². The number of guanidine groups is 1. The van der Waals surface area contributed by atoms with Gasteiger partial charge in [0, 0.05) is 30.8 Å². The van der Waals surface area contributed by atoms with Crippen LogP contribution >= 0.6 is 11.8 Å². The maximum atomic E-state index is 5.55. The van der Waals surface area contributed by atoms with Crippen molar-refractivity contribution in [2.45, 2.75) is 18.4 Å². The van der Waals surface area contributed by atoms with Crippen LogP contribution in [0.3, 0.4) is 0 Å². The van der Waals surface area contributed by atoms with Crippen molar-refractivity contribution in [3.63, 3.8) is 0 Å². The standard InChI is InChI=1S/C20H27N3O2S/c1-4-25-18-11-10-16(14-19(18)24-3)15-23-20(21-2)22-12-13-26-17-8-6-5-7-9-17/h5-11,14H,4,12-13,15H2,1-3H3,(H2,21,22,23). The zero-order valence-electron chi connectivity index (χ0n) is 15.6. The Kier molecular flexibility index (Phi) is 8.69. The van der Waals surface area contributed by atoms with Crippen LogP contribution in [0, 0.1) is 0 Å². The van der Waals surface area contributed by atoms with Crippen LogP contribution < -0.4 is 20.1 Å². The summed E-state index contributed by atoms with van der Waals surface area (Å²) in [6.45, 7) is 4.08. The zero-order valence-corrected chi connectivity index (χ0v) is 16.4. The molecule has 0 amide bonds. The van der Waals surface area contributed by atoms with Crippen molar-refractivity contribution in [3.05, 3.63) is 54.1 Å². The van der Waals surface area contributed by atoms with E-state index in [0.717, 1.165) is 35.3 Å². The number of thioether (sulfide) groups is 1. The second-order valence-corrected chi connectivity index (χ2v) is 6.60. The number of rotatable bonds is 9. The molecule has 26 heavy (non-hydrogen) atoms. The minimum atomic E-state index is 0.617. The molecule has 6 heteroatoms. The number of nitrogens with zero attached hydrogens (tertiary/aromatic N) is 1. The van der Waals surface area contributed by atoms with Crippen LogP contribution in [0.5, 0.6) is 11.5 Å². The highest BCUT2D eigenvalue weighted by molar-refractivity contribution is 7.99. The fraction of sp³-hybridized carbons (Fsp3) is 0.350. The number of aliphatic imine (C=N–C) groups is 1. The second-order valence-electron chi connectivity index (χ2n) is 5.43. The normalized spacial score (nSPS) is 11.1. The highest BCUT2D eigenvalue weighted by Gasteiger charge is 2.06. The van der Waals surface area contributed by atoms with Crippen LogP contribution in [0.15, 0.2) is 58.4 Å². The maximum Gasteiger partial charge on any atom is 0.191 e. The molecule has 0 bridgehead atoms. The smallest absolute Gasteiger partial charge is 0.191 e. The van der Waals surface area contributed by atoms with Crippen molar-refractivity contribution in [1.82, 2.24) is 10.6 Å².